The number of rotatable bonds is 5. The lowest BCUT2D eigenvalue weighted by Crippen LogP contribution is -2.40. The van der Waals surface area contributed by atoms with Gasteiger partial charge < -0.3 is 4.74 Å². The highest BCUT2D eigenvalue weighted by molar-refractivity contribution is 7.89. The van der Waals surface area contributed by atoms with Crippen LogP contribution in [0.5, 0.6) is 0 Å². The van der Waals surface area contributed by atoms with Crippen molar-refractivity contribution in [3.63, 3.8) is 0 Å². The van der Waals surface area contributed by atoms with E-state index in [1.807, 2.05) is 6.07 Å². The van der Waals surface area contributed by atoms with Gasteiger partial charge in [0, 0.05) is 19.3 Å². The fourth-order valence-corrected chi connectivity index (χ4v) is 5.16. The van der Waals surface area contributed by atoms with Crippen LogP contribution in [0.4, 0.5) is 5.13 Å². The summed E-state index contributed by atoms with van der Waals surface area (Å²) in [5.41, 5.74) is 0.660. The van der Waals surface area contributed by atoms with Crippen LogP contribution in [0.2, 0.25) is 5.02 Å². The lowest BCUT2D eigenvalue weighted by molar-refractivity contribution is 0.0730. The van der Waals surface area contributed by atoms with Gasteiger partial charge in [-0.15, -0.1) is 10.2 Å². The smallest absolute Gasteiger partial charge is 0.259 e. The Labute approximate surface area is 181 Å². The highest BCUT2D eigenvalue weighted by Crippen LogP contribution is 2.27. The molecule has 4 rings (SSSR count). The van der Waals surface area contributed by atoms with Crippen LogP contribution in [-0.2, 0) is 14.8 Å². The number of amides is 1. The van der Waals surface area contributed by atoms with Crippen molar-refractivity contribution in [2.24, 2.45) is 0 Å². The maximum absolute atomic E-state index is 12.9. The second-order valence-corrected chi connectivity index (χ2v) is 9.56. The van der Waals surface area contributed by atoms with Gasteiger partial charge in [0.25, 0.3) is 5.91 Å². The van der Waals surface area contributed by atoms with Gasteiger partial charge in [0.15, 0.2) is 5.01 Å². The number of hydrogen-bond acceptors (Lipinski definition) is 8. The summed E-state index contributed by atoms with van der Waals surface area (Å²) >= 11 is 7.31. The van der Waals surface area contributed by atoms with Crippen LogP contribution < -0.4 is 5.32 Å². The summed E-state index contributed by atoms with van der Waals surface area (Å²) in [6.07, 6.45) is 1.63. The van der Waals surface area contributed by atoms with E-state index in [1.54, 1.807) is 18.3 Å². The van der Waals surface area contributed by atoms with Gasteiger partial charge in [-0.25, -0.2) is 8.42 Å². The topological polar surface area (TPSA) is 114 Å². The average Bonchev–Trinajstić information content (AvgIpc) is 3.23. The maximum atomic E-state index is 12.9. The first-order valence-corrected chi connectivity index (χ1v) is 11.5. The molecule has 1 amide bonds. The predicted molar refractivity (Wildman–Crippen MR) is 112 cm³/mol. The summed E-state index contributed by atoms with van der Waals surface area (Å²) in [5.74, 6) is -0.581. The van der Waals surface area contributed by atoms with Gasteiger partial charge in [-0.1, -0.05) is 29.0 Å². The van der Waals surface area contributed by atoms with Crippen molar-refractivity contribution in [3.05, 3.63) is 53.2 Å². The molecule has 3 aromatic rings. The molecule has 1 fully saturated rings. The van der Waals surface area contributed by atoms with Crippen molar-refractivity contribution in [1.82, 2.24) is 19.5 Å². The van der Waals surface area contributed by atoms with Crippen molar-refractivity contribution in [3.8, 4) is 10.7 Å². The molecule has 156 valence electrons. The Hall–Kier alpha value is -2.44. The van der Waals surface area contributed by atoms with E-state index in [2.05, 4.69) is 20.5 Å². The zero-order valence-corrected chi connectivity index (χ0v) is 17.9. The van der Waals surface area contributed by atoms with E-state index < -0.39 is 15.9 Å². The number of nitrogens with zero attached hydrogens (tertiary/aromatic N) is 4. The minimum Gasteiger partial charge on any atom is -0.379 e. The van der Waals surface area contributed by atoms with Crippen LogP contribution in [0.1, 0.15) is 10.4 Å². The summed E-state index contributed by atoms with van der Waals surface area (Å²) < 4.78 is 32.2. The van der Waals surface area contributed by atoms with Gasteiger partial charge >= 0.3 is 0 Å². The normalized spacial score (nSPS) is 15.1. The fourth-order valence-electron chi connectivity index (χ4n) is 2.81. The third-order valence-corrected chi connectivity index (χ3v) is 7.41. The second-order valence-electron chi connectivity index (χ2n) is 6.24. The molecule has 0 radical (unpaired) electrons. The van der Waals surface area contributed by atoms with E-state index in [4.69, 9.17) is 16.3 Å². The summed E-state index contributed by atoms with van der Waals surface area (Å²) in [5, 5.41) is 11.5. The van der Waals surface area contributed by atoms with Crippen molar-refractivity contribution < 1.29 is 17.9 Å². The number of nitrogens with one attached hydrogen (secondary N) is 1. The van der Waals surface area contributed by atoms with Crippen LogP contribution in [0, 0.1) is 0 Å². The van der Waals surface area contributed by atoms with Crippen molar-refractivity contribution in [2.75, 3.05) is 31.6 Å². The first kappa shape index (κ1) is 20.8. The molecule has 0 spiro atoms. The lowest BCUT2D eigenvalue weighted by Gasteiger charge is -2.26. The Bertz CT molecular complexity index is 1160. The number of benzene rings is 1. The molecule has 1 N–H and O–H groups in total. The van der Waals surface area contributed by atoms with Gasteiger partial charge in [-0.2, -0.15) is 4.31 Å². The Morgan fingerprint density at radius 1 is 1.17 bits per heavy atom. The number of morpholine rings is 1. The largest absolute Gasteiger partial charge is 0.379 e. The Balaban J connectivity index is 1.56. The van der Waals surface area contributed by atoms with Crippen LogP contribution >= 0.6 is 22.9 Å². The van der Waals surface area contributed by atoms with E-state index in [0.29, 0.717) is 23.9 Å². The molecule has 0 atom stereocenters. The average molecular weight is 466 g/mol. The molecule has 0 saturated carbocycles. The molecule has 3 heterocycles. The van der Waals surface area contributed by atoms with E-state index in [0.717, 1.165) is 11.3 Å². The molecule has 2 aromatic heterocycles. The summed E-state index contributed by atoms with van der Waals surface area (Å²) in [6.45, 7) is 1.17. The Morgan fingerprint density at radius 2 is 1.97 bits per heavy atom. The number of halogens is 1. The summed E-state index contributed by atoms with van der Waals surface area (Å²) in [4.78, 5) is 16.9. The van der Waals surface area contributed by atoms with Gasteiger partial charge in [0.1, 0.15) is 5.69 Å². The van der Waals surface area contributed by atoms with Gasteiger partial charge in [-0.05, 0) is 30.3 Å². The standard InChI is InChI=1S/C18H16ClN5O4S2/c19-14-5-4-12(30(26,27)24-7-9-28-10-8-24)11-13(14)16(25)21-18-23-22-17(29-18)15-3-1-2-6-20-15/h1-6,11H,7-10H2,(H,21,23,25). The van der Waals surface area contributed by atoms with Gasteiger partial charge in [0.05, 0.1) is 28.7 Å². The van der Waals surface area contributed by atoms with Crippen LogP contribution in [-0.4, -0.2) is 60.1 Å². The van der Waals surface area contributed by atoms with Crippen LogP contribution in [0.3, 0.4) is 0 Å². The molecule has 0 aliphatic carbocycles. The molecule has 1 saturated heterocycles. The first-order chi connectivity index (χ1) is 14.4. The molecular formula is C18H16ClN5O4S2. The Kier molecular flexibility index (Phi) is 6.06. The van der Waals surface area contributed by atoms with Gasteiger partial charge in [-0.3, -0.25) is 15.1 Å². The van der Waals surface area contributed by atoms with Crippen molar-refractivity contribution >= 4 is 44.0 Å². The molecular weight excluding hydrogens is 450 g/mol. The monoisotopic (exact) mass is 465 g/mol. The summed E-state index contributed by atoms with van der Waals surface area (Å²) in [6, 6.07) is 9.43. The molecule has 9 nitrogen and oxygen atoms in total. The zero-order chi connectivity index (χ0) is 21.1. The van der Waals surface area contributed by atoms with E-state index in [-0.39, 0.29) is 33.7 Å². The predicted octanol–water partition coefficient (Wildman–Crippen LogP) is 2.53. The van der Waals surface area contributed by atoms with Crippen molar-refractivity contribution in [1.29, 1.82) is 0 Å². The number of pyridine rings is 1. The van der Waals surface area contributed by atoms with Gasteiger partial charge in [0.2, 0.25) is 15.2 Å². The quantitative estimate of drug-likeness (QED) is 0.615. The van der Waals surface area contributed by atoms with E-state index in [1.165, 1.54) is 22.5 Å². The molecule has 0 unspecified atom stereocenters. The SMILES string of the molecule is O=C(Nc1nnc(-c2ccccn2)s1)c1cc(S(=O)(=O)N2CCOCC2)ccc1Cl. The minimum absolute atomic E-state index is 0.00890. The highest BCUT2D eigenvalue weighted by Gasteiger charge is 2.27. The maximum Gasteiger partial charge on any atom is 0.259 e. The Morgan fingerprint density at radius 3 is 2.70 bits per heavy atom. The van der Waals surface area contributed by atoms with Crippen molar-refractivity contribution in [2.45, 2.75) is 4.90 Å². The van der Waals surface area contributed by atoms with E-state index in [9.17, 15) is 13.2 Å². The first-order valence-electron chi connectivity index (χ1n) is 8.89. The molecule has 0 bridgehead atoms. The number of hydrogen-bond donors (Lipinski definition) is 1. The fraction of sp³-hybridized carbons (Fsp3) is 0.222. The number of aromatic nitrogens is 3. The van der Waals surface area contributed by atoms with Crippen LogP contribution in [0.15, 0.2) is 47.5 Å². The third-order valence-electron chi connectivity index (χ3n) is 4.32. The summed E-state index contributed by atoms with van der Waals surface area (Å²) in [7, 11) is -3.76. The number of carbonyl (C=O) groups excluding carboxylic acids is 1. The number of anilines is 1. The zero-order valence-electron chi connectivity index (χ0n) is 15.5. The molecule has 1 aliphatic rings. The molecule has 12 heteroatoms. The van der Waals surface area contributed by atoms with E-state index >= 15 is 0 Å². The second kappa shape index (κ2) is 8.74. The molecule has 30 heavy (non-hydrogen) atoms. The third kappa shape index (κ3) is 4.35. The number of sulfonamides is 1. The number of ether oxygens (including phenoxy) is 1. The minimum atomic E-state index is -3.76. The molecule has 1 aromatic carbocycles. The lowest BCUT2D eigenvalue weighted by atomic mass is 10.2. The van der Waals surface area contributed by atoms with Crippen LogP contribution in [0.25, 0.3) is 10.7 Å². The number of carbonyl (C=O) groups is 1. The molecule has 1 aliphatic heterocycles. The highest BCUT2D eigenvalue weighted by atomic mass is 35.5.